The number of sulfonamides is 1. The van der Waals surface area contributed by atoms with Gasteiger partial charge in [0.1, 0.15) is 5.60 Å². The van der Waals surface area contributed by atoms with Gasteiger partial charge >= 0.3 is 0 Å². The highest BCUT2D eigenvalue weighted by molar-refractivity contribution is 7.89. The first kappa shape index (κ1) is 11.5. The van der Waals surface area contributed by atoms with Gasteiger partial charge in [-0.25, -0.2) is 13.1 Å². The summed E-state index contributed by atoms with van der Waals surface area (Å²) in [4.78, 5) is 0. The standard InChI is InChI=1S/C8H13N3O4S/c12-8(2-4-15-6-8)5-10-16(13,14)7-1-3-9-11-7/h1,3,10,12H,2,4-6H2,(H,9,11). The average Bonchev–Trinajstić information content (AvgIpc) is 2.86. The summed E-state index contributed by atoms with van der Waals surface area (Å²) in [5, 5.41) is 15.8. The van der Waals surface area contributed by atoms with E-state index in [-0.39, 0.29) is 18.2 Å². The third kappa shape index (κ3) is 2.40. The van der Waals surface area contributed by atoms with Crippen LogP contribution in [0.2, 0.25) is 0 Å². The highest BCUT2D eigenvalue weighted by Gasteiger charge is 2.33. The normalized spacial score (nSPS) is 26.1. The van der Waals surface area contributed by atoms with Crippen LogP contribution < -0.4 is 4.72 Å². The van der Waals surface area contributed by atoms with Crippen LogP contribution in [0.3, 0.4) is 0 Å². The smallest absolute Gasteiger partial charge is 0.257 e. The maximum Gasteiger partial charge on any atom is 0.257 e. The molecule has 3 N–H and O–H groups in total. The van der Waals surface area contributed by atoms with Crippen molar-refractivity contribution in [3.63, 3.8) is 0 Å². The van der Waals surface area contributed by atoms with E-state index >= 15 is 0 Å². The third-order valence-electron chi connectivity index (χ3n) is 2.44. The van der Waals surface area contributed by atoms with Crippen LogP contribution in [0.25, 0.3) is 0 Å². The van der Waals surface area contributed by atoms with Crippen LogP contribution in [0.1, 0.15) is 6.42 Å². The van der Waals surface area contributed by atoms with Gasteiger partial charge in [-0.2, -0.15) is 5.10 Å². The second kappa shape index (κ2) is 4.13. The Kier molecular flexibility index (Phi) is 2.98. The molecule has 1 atom stereocenters. The minimum Gasteiger partial charge on any atom is -0.386 e. The molecule has 0 spiro atoms. The van der Waals surface area contributed by atoms with Gasteiger partial charge in [-0.3, -0.25) is 5.10 Å². The van der Waals surface area contributed by atoms with Crippen LogP contribution in [0.15, 0.2) is 17.3 Å². The fourth-order valence-electron chi connectivity index (χ4n) is 1.44. The zero-order valence-electron chi connectivity index (χ0n) is 8.51. The van der Waals surface area contributed by atoms with Crippen molar-refractivity contribution in [2.24, 2.45) is 0 Å². The predicted octanol–water partition coefficient (Wildman–Crippen LogP) is -1.16. The van der Waals surface area contributed by atoms with Crippen molar-refractivity contribution < 1.29 is 18.3 Å². The number of H-pyrrole nitrogens is 1. The van der Waals surface area contributed by atoms with E-state index in [1.807, 2.05) is 0 Å². The third-order valence-corrected chi connectivity index (χ3v) is 3.77. The summed E-state index contributed by atoms with van der Waals surface area (Å²) in [6.45, 7) is 0.537. The molecule has 0 radical (unpaired) electrons. The number of aliphatic hydroxyl groups is 1. The summed E-state index contributed by atoms with van der Waals surface area (Å²) in [5.74, 6) is 0. The van der Waals surface area contributed by atoms with E-state index in [0.717, 1.165) is 0 Å². The molecular weight excluding hydrogens is 234 g/mol. The molecule has 90 valence electrons. The predicted molar refractivity (Wildman–Crippen MR) is 54.2 cm³/mol. The van der Waals surface area contributed by atoms with Gasteiger partial charge < -0.3 is 9.84 Å². The zero-order chi connectivity index (χ0) is 11.6. The first-order valence-electron chi connectivity index (χ1n) is 4.81. The Labute approximate surface area is 92.9 Å². The van der Waals surface area contributed by atoms with Crippen LogP contribution >= 0.6 is 0 Å². The van der Waals surface area contributed by atoms with E-state index < -0.39 is 15.6 Å². The molecule has 2 rings (SSSR count). The number of ether oxygens (including phenoxy) is 1. The number of hydrogen-bond donors (Lipinski definition) is 3. The Balaban J connectivity index is 2.00. The summed E-state index contributed by atoms with van der Waals surface area (Å²) in [6.07, 6.45) is 1.78. The second-order valence-corrected chi connectivity index (χ2v) is 5.51. The summed E-state index contributed by atoms with van der Waals surface area (Å²) >= 11 is 0. The summed E-state index contributed by atoms with van der Waals surface area (Å²) in [7, 11) is -3.63. The van der Waals surface area contributed by atoms with Crippen molar-refractivity contribution in [3.8, 4) is 0 Å². The number of hydrogen-bond acceptors (Lipinski definition) is 5. The molecule has 2 heterocycles. The van der Waals surface area contributed by atoms with E-state index in [9.17, 15) is 13.5 Å². The topological polar surface area (TPSA) is 104 Å². The molecule has 7 nitrogen and oxygen atoms in total. The molecule has 1 aromatic heterocycles. The van der Waals surface area contributed by atoms with E-state index in [4.69, 9.17) is 4.74 Å². The molecule has 0 saturated carbocycles. The lowest BCUT2D eigenvalue weighted by Crippen LogP contribution is -2.43. The molecule has 1 saturated heterocycles. The molecule has 0 amide bonds. The van der Waals surface area contributed by atoms with Gasteiger partial charge in [0.2, 0.25) is 0 Å². The molecular formula is C8H13N3O4S. The average molecular weight is 247 g/mol. The number of aromatic nitrogens is 2. The van der Waals surface area contributed by atoms with E-state index in [1.165, 1.54) is 12.3 Å². The fraction of sp³-hybridized carbons (Fsp3) is 0.625. The van der Waals surface area contributed by atoms with Gasteiger partial charge in [0.05, 0.1) is 12.8 Å². The van der Waals surface area contributed by atoms with Crippen molar-refractivity contribution in [3.05, 3.63) is 12.3 Å². The minimum absolute atomic E-state index is 0.0185. The van der Waals surface area contributed by atoms with Crippen LogP contribution in [-0.4, -0.2) is 49.1 Å². The number of aromatic amines is 1. The molecule has 1 aliphatic heterocycles. The van der Waals surface area contributed by atoms with Crippen molar-refractivity contribution in [2.75, 3.05) is 19.8 Å². The Morgan fingerprint density at radius 2 is 2.50 bits per heavy atom. The summed E-state index contributed by atoms with van der Waals surface area (Å²) in [5.41, 5.74) is -1.10. The van der Waals surface area contributed by atoms with Crippen LogP contribution in [0, 0.1) is 0 Å². The Bertz CT molecular complexity index is 436. The fourth-order valence-corrected chi connectivity index (χ4v) is 2.46. The van der Waals surface area contributed by atoms with E-state index in [0.29, 0.717) is 13.0 Å². The van der Waals surface area contributed by atoms with Gasteiger partial charge in [0.15, 0.2) is 5.03 Å². The highest BCUT2D eigenvalue weighted by atomic mass is 32.2. The molecule has 0 bridgehead atoms. The molecule has 1 aliphatic rings. The monoisotopic (exact) mass is 247 g/mol. The van der Waals surface area contributed by atoms with Crippen molar-refractivity contribution >= 4 is 10.0 Å². The first-order valence-corrected chi connectivity index (χ1v) is 6.29. The minimum atomic E-state index is -3.63. The Hall–Kier alpha value is -0.960. The van der Waals surface area contributed by atoms with Gasteiger partial charge in [0.25, 0.3) is 10.0 Å². The maximum atomic E-state index is 11.7. The van der Waals surface area contributed by atoms with Crippen LogP contribution in [-0.2, 0) is 14.8 Å². The molecule has 1 aromatic rings. The van der Waals surface area contributed by atoms with Gasteiger partial charge in [-0.15, -0.1) is 0 Å². The largest absolute Gasteiger partial charge is 0.386 e. The molecule has 0 aromatic carbocycles. The second-order valence-electron chi connectivity index (χ2n) is 3.77. The highest BCUT2D eigenvalue weighted by Crippen LogP contribution is 2.17. The number of nitrogens with one attached hydrogen (secondary N) is 2. The summed E-state index contributed by atoms with van der Waals surface area (Å²) in [6, 6.07) is 1.34. The van der Waals surface area contributed by atoms with E-state index in [1.54, 1.807) is 0 Å². The van der Waals surface area contributed by atoms with Crippen molar-refractivity contribution in [1.29, 1.82) is 0 Å². The van der Waals surface area contributed by atoms with Gasteiger partial charge in [-0.1, -0.05) is 0 Å². The molecule has 1 fully saturated rings. The first-order chi connectivity index (χ1) is 7.52. The lowest BCUT2D eigenvalue weighted by atomic mass is 10.1. The lowest BCUT2D eigenvalue weighted by molar-refractivity contribution is 0.0314. The maximum absolute atomic E-state index is 11.7. The van der Waals surface area contributed by atoms with Crippen LogP contribution in [0.4, 0.5) is 0 Å². The Morgan fingerprint density at radius 3 is 3.06 bits per heavy atom. The molecule has 0 aliphatic carbocycles. The zero-order valence-corrected chi connectivity index (χ0v) is 9.33. The van der Waals surface area contributed by atoms with Crippen molar-refractivity contribution in [2.45, 2.75) is 17.0 Å². The van der Waals surface area contributed by atoms with Gasteiger partial charge in [-0.05, 0) is 6.07 Å². The van der Waals surface area contributed by atoms with Crippen molar-refractivity contribution in [1.82, 2.24) is 14.9 Å². The number of nitrogens with zero attached hydrogens (tertiary/aromatic N) is 1. The van der Waals surface area contributed by atoms with Gasteiger partial charge in [0, 0.05) is 19.6 Å². The Morgan fingerprint density at radius 1 is 1.69 bits per heavy atom. The lowest BCUT2D eigenvalue weighted by Gasteiger charge is -2.20. The van der Waals surface area contributed by atoms with E-state index in [2.05, 4.69) is 14.9 Å². The molecule has 8 heteroatoms. The summed E-state index contributed by atoms with van der Waals surface area (Å²) < 4.78 is 30.6. The quantitative estimate of drug-likeness (QED) is 0.622. The molecule has 1 unspecified atom stereocenters. The SMILES string of the molecule is O=S(=O)(NCC1(O)CCOC1)c1ccn[nH]1. The number of rotatable bonds is 4. The molecule has 16 heavy (non-hydrogen) atoms. The van der Waals surface area contributed by atoms with Crippen LogP contribution in [0.5, 0.6) is 0 Å².